The van der Waals surface area contributed by atoms with Gasteiger partial charge in [-0.3, -0.25) is 9.88 Å². The molecule has 3 heterocycles. The van der Waals surface area contributed by atoms with Crippen LogP contribution in [0.4, 0.5) is 4.39 Å². The van der Waals surface area contributed by atoms with E-state index in [-0.39, 0.29) is 5.82 Å². The molecule has 0 saturated heterocycles. The Balaban J connectivity index is 1.40. The fourth-order valence-electron chi connectivity index (χ4n) is 4.13. The van der Waals surface area contributed by atoms with Gasteiger partial charge in [-0.05, 0) is 59.5 Å². The van der Waals surface area contributed by atoms with Gasteiger partial charge in [-0.1, -0.05) is 24.3 Å². The fraction of sp³-hybridized carbons (Fsp3) is 0.192. The van der Waals surface area contributed by atoms with E-state index < -0.39 is 0 Å². The van der Waals surface area contributed by atoms with E-state index in [1.807, 2.05) is 30.3 Å². The number of pyridine rings is 1. The van der Waals surface area contributed by atoms with Gasteiger partial charge in [0, 0.05) is 43.0 Å². The van der Waals surface area contributed by atoms with Crippen molar-refractivity contribution in [1.82, 2.24) is 9.88 Å². The van der Waals surface area contributed by atoms with Gasteiger partial charge >= 0.3 is 0 Å². The van der Waals surface area contributed by atoms with Gasteiger partial charge in [-0.15, -0.1) is 0 Å². The Labute approximate surface area is 180 Å². The summed E-state index contributed by atoms with van der Waals surface area (Å²) in [6, 6.07) is 16.8. The van der Waals surface area contributed by atoms with Crippen molar-refractivity contribution < 1.29 is 13.5 Å². The minimum absolute atomic E-state index is 0.198. The Bertz CT molecular complexity index is 1230. The minimum atomic E-state index is -0.198. The third-order valence-corrected chi connectivity index (χ3v) is 5.81. The predicted molar refractivity (Wildman–Crippen MR) is 120 cm³/mol. The van der Waals surface area contributed by atoms with Crippen LogP contribution in [-0.2, 0) is 6.54 Å². The fourth-order valence-corrected chi connectivity index (χ4v) is 4.13. The molecule has 2 aromatic heterocycles. The van der Waals surface area contributed by atoms with Gasteiger partial charge in [0.2, 0.25) is 0 Å². The van der Waals surface area contributed by atoms with Crippen molar-refractivity contribution in [2.75, 3.05) is 20.2 Å². The van der Waals surface area contributed by atoms with Crippen LogP contribution in [0.15, 0.2) is 77.5 Å². The first kappa shape index (κ1) is 19.5. The van der Waals surface area contributed by atoms with E-state index in [4.69, 9.17) is 9.15 Å². The van der Waals surface area contributed by atoms with Gasteiger partial charge < -0.3 is 9.15 Å². The van der Waals surface area contributed by atoms with Gasteiger partial charge in [0.15, 0.2) is 11.3 Å². The molecule has 0 aliphatic carbocycles. The molecule has 0 radical (unpaired) electrons. The first-order chi connectivity index (χ1) is 15.2. The maximum atomic E-state index is 13.2. The van der Waals surface area contributed by atoms with E-state index in [2.05, 4.69) is 28.1 Å². The largest absolute Gasteiger partial charge is 0.493 e. The third-order valence-electron chi connectivity index (χ3n) is 5.81. The number of halogens is 1. The van der Waals surface area contributed by atoms with Crippen molar-refractivity contribution in [1.29, 1.82) is 0 Å². The molecular weight excluding hydrogens is 391 g/mol. The zero-order chi connectivity index (χ0) is 21.2. The van der Waals surface area contributed by atoms with Crippen molar-refractivity contribution in [3.05, 3.63) is 90.0 Å². The highest BCUT2D eigenvalue weighted by atomic mass is 19.1. The summed E-state index contributed by atoms with van der Waals surface area (Å²) in [5.74, 6) is 1.31. The molecule has 156 valence electrons. The van der Waals surface area contributed by atoms with Gasteiger partial charge in [0.25, 0.3) is 0 Å². The summed E-state index contributed by atoms with van der Waals surface area (Å²) >= 11 is 0. The van der Waals surface area contributed by atoms with Crippen LogP contribution in [0.2, 0.25) is 0 Å². The number of benzene rings is 2. The van der Waals surface area contributed by atoms with Crippen LogP contribution in [0.25, 0.3) is 27.9 Å². The molecule has 0 amide bonds. The van der Waals surface area contributed by atoms with E-state index in [9.17, 15) is 4.39 Å². The van der Waals surface area contributed by atoms with E-state index in [0.29, 0.717) is 0 Å². The number of rotatable bonds is 5. The smallest absolute Gasteiger partial charge is 0.176 e. The minimum Gasteiger partial charge on any atom is -0.493 e. The molecule has 4 aromatic rings. The van der Waals surface area contributed by atoms with Crippen molar-refractivity contribution in [3.63, 3.8) is 0 Å². The summed E-state index contributed by atoms with van der Waals surface area (Å²) in [6.07, 6.45) is 6.74. The first-order valence-electron chi connectivity index (χ1n) is 10.4. The van der Waals surface area contributed by atoms with Crippen LogP contribution in [0, 0.1) is 5.82 Å². The lowest BCUT2D eigenvalue weighted by Gasteiger charge is -2.26. The van der Waals surface area contributed by atoms with Crippen LogP contribution in [0.3, 0.4) is 0 Å². The summed E-state index contributed by atoms with van der Waals surface area (Å²) in [4.78, 5) is 6.61. The Morgan fingerprint density at radius 3 is 2.68 bits per heavy atom. The first-order valence-corrected chi connectivity index (χ1v) is 10.4. The maximum Gasteiger partial charge on any atom is 0.176 e. The molecule has 0 unspecified atom stereocenters. The van der Waals surface area contributed by atoms with Crippen molar-refractivity contribution in [3.8, 4) is 17.1 Å². The number of methoxy groups -OCH3 is 1. The molecule has 0 spiro atoms. The number of ether oxygens (including phenoxy) is 1. The molecule has 0 bridgehead atoms. The molecule has 1 aliphatic rings. The molecule has 0 saturated carbocycles. The second-order valence-electron chi connectivity index (χ2n) is 7.74. The predicted octanol–water partition coefficient (Wildman–Crippen LogP) is 5.93. The van der Waals surface area contributed by atoms with Gasteiger partial charge in [0.05, 0.1) is 7.11 Å². The zero-order valence-corrected chi connectivity index (χ0v) is 17.3. The average molecular weight is 414 g/mol. The van der Waals surface area contributed by atoms with Crippen LogP contribution in [0.1, 0.15) is 17.5 Å². The standard InChI is InChI=1S/C26H23FN2O2/c1-30-24-9-6-21(23-15-25(31-26(23)24)20-3-2-12-28-16-20)17-29-13-10-19(11-14-29)18-4-7-22(27)8-5-18/h2-10,12,15-16H,11,13-14,17H2,1H3. The molecule has 5 rings (SSSR count). The normalized spacial score (nSPS) is 14.6. The van der Waals surface area contributed by atoms with E-state index >= 15 is 0 Å². The Morgan fingerprint density at radius 1 is 1.10 bits per heavy atom. The highest BCUT2D eigenvalue weighted by Crippen LogP contribution is 2.36. The molecular formula is C26H23FN2O2. The second-order valence-corrected chi connectivity index (χ2v) is 7.74. The molecule has 1 aliphatic heterocycles. The Kier molecular flexibility index (Phi) is 5.26. The number of furan rings is 1. The average Bonchev–Trinajstić information content (AvgIpc) is 3.27. The summed E-state index contributed by atoms with van der Waals surface area (Å²) in [5.41, 5.74) is 5.28. The van der Waals surface area contributed by atoms with Crippen LogP contribution in [0.5, 0.6) is 5.75 Å². The Hall–Kier alpha value is -3.44. The topological polar surface area (TPSA) is 38.5 Å². The molecule has 0 N–H and O–H groups in total. The zero-order valence-electron chi connectivity index (χ0n) is 17.3. The number of fused-ring (bicyclic) bond motifs is 1. The number of nitrogens with zero attached hydrogens (tertiary/aromatic N) is 2. The number of hydrogen-bond donors (Lipinski definition) is 0. The molecule has 31 heavy (non-hydrogen) atoms. The lowest BCUT2D eigenvalue weighted by atomic mass is 9.99. The van der Waals surface area contributed by atoms with Crippen LogP contribution >= 0.6 is 0 Å². The lowest BCUT2D eigenvalue weighted by molar-refractivity contribution is 0.295. The van der Waals surface area contributed by atoms with E-state index in [1.165, 1.54) is 23.3 Å². The van der Waals surface area contributed by atoms with Crippen LogP contribution < -0.4 is 4.74 Å². The summed E-state index contributed by atoms with van der Waals surface area (Å²) in [7, 11) is 1.66. The summed E-state index contributed by atoms with van der Waals surface area (Å²) in [5, 5.41) is 1.06. The molecule has 2 aromatic carbocycles. The quantitative estimate of drug-likeness (QED) is 0.406. The van der Waals surface area contributed by atoms with Crippen LogP contribution in [-0.4, -0.2) is 30.1 Å². The summed E-state index contributed by atoms with van der Waals surface area (Å²) < 4.78 is 24.9. The van der Waals surface area contributed by atoms with Gasteiger partial charge in [-0.25, -0.2) is 4.39 Å². The second kappa shape index (κ2) is 8.36. The molecule has 4 nitrogen and oxygen atoms in total. The molecule has 0 atom stereocenters. The number of aromatic nitrogens is 1. The highest BCUT2D eigenvalue weighted by molar-refractivity contribution is 5.90. The SMILES string of the molecule is COc1ccc(CN2CC=C(c3ccc(F)cc3)CC2)c2cc(-c3cccnc3)oc12. The maximum absolute atomic E-state index is 13.2. The van der Waals surface area contributed by atoms with Gasteiger partial charge in [0.1, 0.15) is 11.6 Å². The highest BCUT2D eigenvalue weighted by Gasteiger charge is 2.18. The van der Waals surface area contributed by atoms with Crippen molar-refractivity contribution in [2.24, 2.45) is 0 Å². The Morgan fingerprint density at radius 2 is 1.97 bits per heavy atom. The van der Waals surface area contributed by atoms with Gasteiger partial charge in [-0.2, -0.15) is 0 Å². The lowest BCUT2D eigenvalue weighted by Crippen LogP contribution is -2.28. The summed E-state index contributed by atoms with van der Waals surface area (Å²) in [6.45, 7) is 2.62. The van der Waals surface area contributed by atoms with E-state index in [1.54, 1.807) is 19.5 Å². The molecule has 5 heteroatoms. The van der Waals surface area contributed by atoms with Crippen molar-refractivity contribution >= 4 is 16.5 Å². The monoisotopic (exact) mass is 414 g/mol. The molecule has 0 fully saturated rings. The number of hydrogen-bond acceptors (Lipinski definition) is 4. The van der Waals surface area contributed by atoms with E-state index in [0.717, 1.165) is 59.7 Å². The third kappa shape index (κ3) is 3.97. The van der Waals surface area contributed by atoms with Crippen molar-refractivity contribution in [2.45, 2.75) is 13.0 Å².